The van der Waals surface area contributed by atoms with Gasteiger partial charge in [-0.25, -0.2) is 4.39 Å². The largest absolute Gasteiger partial charge is 0.336 e. The number of halogens is 2. The monoisotopic (exact) mass is 256 g/mol. The molecule has 0 aromatic heterocycles. The summed E-state index contributed by atoms with van der Waals surface area (Å²) < 4.78 is 13.3. The summed E-state index contributed by atoms with van der Waals surface area (Å²) in [5, 5.41) is 3.29. The molecular weight excluding hydrogens is 243 g/mol. The molecule has 0 saturated carbocycles. The molecule has 0 unspecified atom stereocenters. The third kappa shape index (κ3) is 2.76. The zero-order valence-electron chi connectivity index (χ0n) is 9.54. The second kappa shape index (κ2) is 5.02. The van der Waals surface area contributed by atoms with Gasteiger partial charge in [0, 0.05) is 31.2 Å². The Morgan fingerprint density at radius 2 is 2.35 bits per heavy atom. The van der Waals surface area contributed by atoms with Crippen LogP contribution in [-0.2, 0) is 0 Å². The van der Waals surface area contributed by atoms with Gasteiger partial charge in [0.25, 0.3) is 5.91 Å². The van der Waals surface area contributed by atoms with Crippen molar-refractivity contribution in [1.82, 2.24) is 10.2 Å². The number of nitrogens with one attached hydrogen (secondary N) is 1. The molecule has 0 aliphatic carbocycles. The molecule has 1 heterocycles. The number of piperazine rings is 1. The lowest BCUT2D eigenvalue weighted by atomic mass is 10.1. The Bertz CT molecular complexity index is 439. The van der Waals surface area contributed by atoms with E-state index in [0.29, 0.717) is 18.7 Å². The number of benzene rings is 1. The summed E-state index contributed by atoms with van der Waals surface area (Å²) in [5.41, 5.74) is 0.348. The predicted molar refractivity (Wildman–Crippen MR) is 64.8 cm³/mol. The van der Waals surface area contributed by atoms with E-state index in [-0.39, 0.29) is 17.0 Å². The van der Waals surface area contributed by atoms with Crippen LogP contribution in [0.5, 0.6) is 0 Å². The average Bonchev–Trinajstić information content (AvgIpc) is 2.32. The second-order valence-corrected chi connectivity index (χ2v) is 4.64. The lowest BCUT2D eigenvalue weighted by molar-refractivity contribution is 0.0708. The fraction of sp³-hybridized carbons (Fsp3) is 0.417. The molecule has 1 aromatic rings. The van der Waals surface area contributed by atoms with Gasteiger partial charge in [0.1, 0.15) is 5.82 Å². The molecule has 92 valence electrons. The summed E-state index contributed by atoms with van der Waals surface area (Å²) in [4.78, 5) is 13.8. The zero-order valence-corrected chi connectivity index (χ0v) is 10.3. The maximum absolute atomic E-state index is 13.3. The number of rotatable bonds is 1. The van der Waals surface area contributed by atoms with Crippen molar-refractivity contribution in [3.8, 4) is 0 Å². The highest BCUT2D eigenvalue weighted by Gasteiger charge is 2.22. The van der Waals surface area contributed by atoms with Gasteiger partial charge >= 0.3 is 0 Å². The molecule has 17 heavy (non-hydrogen) atoms. The molecule has 1 atom stereocenters. The molecular formula is C12H14ClFN2O. The Morgan fingerprint density at radius 3 is 3.00 bits per heavy atom. The lowest BCUT2D eigenvalue weighted by Gasteiger charge is -2.32. The summed E-state index contributed by atoms with van der Waals surface area (Å²) in [6.07, 6.45) is 0. The first-order valence-corrected chi connectivity index (χ1v) is 5.93. The predicted octanol–water partition coefficient (Wildman–Crippen LogP) is 1.91. The highest BCUT2D eigenvalue weighted by Crippen LogP contribution is 2.17. The molecule has 1 fully saturated rings. The van der Waals surface area contributed by atoms with Crippen molar-refractivity contribution in [3.63, 3.8) is 0 Å². The minimum atomic E-state index is -0.555. The zero-order chi connectivity index (χ0) is 12.4. The smallest absolute Gasteiger partial charge is 0.254 e. The van der Waals surface area contributed by atoms with E-state index >= 15 is 0 Å². The maximum atomic E-state index is 13.3. The summed E-state index contributed by atoms with van der Waals surface area (Å²) in [6.45, 7) is 4.07. The van der Waals surface area contributed by atoms with Crippen LogP contribution >= 0.6 is 11.6 Å². The van der Waals surface area contributed by atoms with Crippen molar-refractivity contribution >= 4 is 17.5 Å². The van der Waals surface area contributed by atoms with E-state index in [0.717, 1.165) is 6.54 Å². The van der Waals surface area contributed by atoms with E-state index in [1.54, 1.807) is 11.0 Å². The van der Waals surface area contributed by atoms with Crippen LogP contribution in [0.3, 0.4) is 0 Å². The first-order chi connectivity index (χ1) is 8.08. The van der Waals surface area contributed by atoms with Gasteiger partial charge in [-0.3, -0.25) is 4.79 Å². The van der Waals surface area contributed by atoms with Crippen LogP contribution in [-0.4, -0.2) is 36.5 Å². The molecule has 0 bridgehead atoms. The maximum Gasteiger partial charge on any atom is 0.254 e. The van der Waals surface area contributed by atoms with E-state index < -0.39 is 5.82 Å². The van der Waals surface area contributed by atoms with Crippen molar-refractivity contribution in [2.24, 2.45) is 0 Å². The topological polar surface area (TPSA) is 32.3 Å². The standard InChI is InChI=1S/C12H14ClFN2O/c1-8-7-16(5-4-15-8)12(17)9-2-3-10(13)11(14)6-9/h2-3,6,8,15H,4-5,7H2,1H3/t8-/m1/s1. The third-order valence-electron chi connectivity index (χ3n) is 2.82. The summed E-state index contributed by atoms with van der Waals surface area (Å²) >= 11 is 5.58. The lowest BCUT2D eigenvalue weighted by Crippen LogP contribution is -2.51. The Hall–Kier alpha value is -1.13. The van der Waals surface area contributed by atoms with Crippen LogP contribution in [0, 0.1) is 5.82 Å². The Morgan fingerprint density at radius 1 is 1.59 bits per heavy atom. The molecule has 1 aliphatic rings. The minimum Gasteiger partial charge on any atom is -0.336 e. The van der Waals surface area contributed by atoms with Gasteiger partial charge < -0.3 is 10.2 Å². The molecule has 1 aromatic carbocycles. The summed E-state index contributed by atoms with van der Waals surface area (Å²) in [6, 6.07) is 4.43. The van der Waals surface area contributed by atoms with Crippen LogP contribution in [0.4, 0.5) is 4.39 Å². The molecule has 2 rings (SSSR count). The molecule has 1 amide bonds. The van der Waals surface area contributed by atoms with Crippen molar-refractivity contribution in [1.29, 1.82) is 0 Å². The Kier molecular flexibility index (Phi) is 3.64. The molecule has 1 aliphatic heterocycles. The molecule has 3 nitrogen and oxygen atoms in total. The normalized spacial score (nSPS) is 20.4. The average molecular weight is 257 g/mol. The SMILES string of the molecule is C[C@@H]1CN(C(=O)c2ccc(Cl)c(F)c2)CCN1. The highest BCUT2D eigenvalue weighted by atomic mass is 35.5. The number of hydrogen-bond donors (Lipinski definition) is 1. The Labute approximate surface area is 105 Å². The van der Waals surface area contributed by atoms with Crippen molar-refractivity contribution < 1.29 is 9.18 Å². The number of nitrogens with zero attached hydrogens (tertiary/aromatic N) is 1. The van der Waals surface area contributed by atoms with Gasteiger partial charge in [-0.1, -0.05) is 11.6 Å². The van der Waals surface area contributed by atoms with Gasteiger partial charge in [-0.2, -0.15) is 0 Å². The van der Waals surface area contributed by atoms with Crippen LogP contribution in [0.15, 0.2) is 18.2 Å². The number of carbonyl (C=O) groups excluding carboxylic acids is 1. The van der Waals surface area contributed by atoms with E-state index in [4.69, 9.17) is 11.6 Å². The summed E-state index contributed by atoms with van der Waals surface area (Å²) in [7, 11) is 0. The molecule has 5 heteroatoms. The first kappa shape index (κ1) is 12.3. The van der Waals surface area contributed by atoms with Crippen molar-refractivity contribution in [2.75, 3.05) is 19.6 Å². The molecule has 1 saturated heterocycles. The summed E-state index contributed by atoms with van der Waals surface area (Å²) in [5.74, 6) is -0.699. The van der Waals surface area contributed by atoms with E-state index in [1.807, 2.05) is 6.92 Å². The fourth-order valence-corrected chi connectivity index (χ4v) is 2.05. The third-order valence-corrected chi connectivity index (χ3v) is 3.13. The number of amides is 1. The molecule has 0 radical (unpaired) electrons. The van der Waals surface area contributed by atoms with Gasteiger partial charge in [0.05, 0.1) is 5.02 Å². The van der Waals surface area contributed by atoms with Crippen molar-refractivity contribution in [3.05, 3.63) is 34.6 Å². The Balaban J connectivity index is 2.15. The van der Waals surface area contributed by atoms with E-state index in [2.05, 4.69) is 5.32 Å². The first-order valence-electron chi connectivity index (χ1n) is 5.55. The van der Waals surface area contributed by atoms with Gasteiger partial charge in [0.2, 0.25) is 0 Å². The van der Waals surface area contributed by atoms with Crippen LogP contribution in [0.25, 0.3) is 0 Å². The van der Waals surface area contributed by atoms with Crippen LogP contribution < -0.4 is 5.32 Å². The van der Waals surface area contributed by atoms with Gasteiger partial charge in [-0.15, -0.1) is 0 Å². The van der Waals surface area contributed by atoms with Crippen LogP contribution in [0.1, 0.15) is 17.3 Å². The van der Waals surface area contributed by atoms with Gasteiger partial charge in [-0.05, 0) is 25.1 Å². The van der Waals surface area contributed by atoms with Gasteiger partial charge in [0.15, 0.2) is 0 Å². The number of carbonyl (C=O) groups is 1. The number of hydrogen-bond acceptors (Lipinski definition) is 2. The quantitative estimate of drug-likeness (QED) is 0.833. The van der Waals surface area contributed by atoms with E-state index in [1.165, 1.54) is 12.1 Å². The highest BCUT2D eigenvalue weighted by molar-refractivity contribution is 6.30. The van der Waals surface area contributed by atoms with Crippen molar-refractivity contribution in [2.45, 2.75) is 13.0 Å². The minimum absolute atomic E-state index is 0.0372. The van der Waals surface area contributed by atoms with Crippen LogP contribution in [0.2, 0.25) is 5.02 Å². The fourth-order valence-electron chi connectivity index (χ4n) is 1.93. The molecule has 1 N–H and O–H groups in total. The molecule has 0 spiro atoms. The van der Waals surface area contributed by atoms with E-state index in [9.17, 15) is 9.18 Å². The second-order valence-electron chi connectivity index (χ2n) is 4.24.